The summed E-state index contributed by atoms with van der Waals surface area (Å²) >= 11 is 1.47. The summed E-state index contributed by atoms with van der Waals surface area (Å²) in [5, 5.41) is 1.88. The molecule has 0 aliphatic rings. The first kappa shape index (κ1) is 14.5. The third kappa shape index (κ3) is 2.67. The molecule has 0 fully saturated rings. The summed E-state index contributed by atoms with van der Waals surface area (Å²) in [5.41, 5.74) is 0.501. The van der Waals surface area contributed by atoms with Gasteiger partial charge in [0.25, 0.3) is 0 Å². The van der Waals surface area contributed by atoms with E-state index in [1.54, 1.807) is 23.4 Å². The standard InChI is InChI=1S/C13H18N4O2S/c1-4-5-16(8-11(19)15(2)3)12-10(9-18)17-6-7-20-13(17)14-12/h6-7,9H,4-5,8H2,1-3H3. The zero-order valence-electron chi connectivity index (χ0n) is 11.9. The number of amides is 1. The van der Waals surface area contributed by atoms with Crippen molar-refractivity contribution in [1.29, 1.82) is 0 Å². The average Bonchev–Trinajstić information content (AvgIpc) is 2.97. The van der Waals surface area contributed by atoms with E-state index in [9.17, 15) is 9.59 Å². The van der Waals surface area contributed by atoms with Gasteiger partial charge in [-0.05, 0) is 6.42 Å². The van der Waals surface area contributed by atoms with Crippen molar-refractivity contribution in [3.8, 4) is 0 Å². The highest BCUT2D eigenvalue weighted by atomic mass is 32.1. The topological polar surface area (TPSA) is 57.9 Å². The molecule has 0 aliphatic carbocycles. The van der Waals surface area contributed by atoms with Gasteiger partial charge in [-0.25, -0.2) is 4.98 Å². The predicted octanol–water partition coefficient (Wildman–Crippen LogP) is 1.51. The fraction of sp³-hybridized carbons (Fsp3) is 0.462. The van der Waals surface area contributed by atoms with Crippen molar-refractivity contribution in [2.45, 2.75) is 13.3 Å². The van der Waals surface area contributed by atoms with Crippen LogP contribution in [0.25, 0.3) is 4.96 Å². The van der Waals surface area contributed by atoms with Crippen molar-refractivity contribution < 1.29 is 9.59 Å². The number of thiazole rings is 1. The fourth-order valence-electron chi connectivity index (χ4n) is 1.97. The van der Waals surface area contributed by atoms with Crippen molar-refractivity contribution in [3.05, 3.63) is 17.3 Å². The minimum absolute atomic E-state index is 0.00773. The number of likely N-dealkylation sites (N-methyl/N-ethyl adjacent to an activating group) is 1. The van der Waals surface area contributed by atoms with E-state index >= 15 is 0 Å². The van der Waals surface area contributed by atoms with Crippen LogP contribution in [0.2, 0.25) is 0 Å². The molecule has 0 aliphatic heterocycles. The Labute approximate surface area is 121 Å². The SMILES string of the molecule is CCCN(CC(=O)N(C)C)c1nc2sccn2c1C=O. The van der Waals surface area contributed by atoms with E-state index in [1.165, 1.54) is 11.3 Å². The van der Waals surface area contributed by atoms with Crippen molar-refractivity contribution in [2.24, 2.45) is 0 Å². The summed E-state index contributed by atoms with van der Waals surface area (Å²) in [6.45, 7) is 2.95. The van der Waals surface area contributed by atoms with Gasteiger partial charge in [-0.2, -0.15) is 0 Å². The Hall–Kier alpha value is -1.89. The lowest BCUT2D eigenvalue weighted by Gasteiger charge is -2.23. The van der Waals surface area contributed by atoms with Crippen LogP contribution in [0.3, 0.4) is 0 Å². The third-order valence-corrected chi connectivity index (χ3v) is 3.77. The Bertz CT molecular complexity index is 617. The lowest BCUT2D eigenvalue weighted by Crippen LogP contribution is -2.37. The van der Waals surface area contributed by atoms with Gasteiger partial charge in [-0.3, -0.25) is 14.0 Å². The van der Waals surface area contributed by atoms with Gasteiger partial charge >= 0.3 is 0 Å². The van der Waals surface area contributed by atoms with Gasteiger partial charge in [0.1, 0.15) is 5.69 Å². The molecule has 0 atom stereocenters. The van der Waals surface area contributed by atoms with Crippen LogP contribution in [-0.2, 0) is 4.79 Å². The molecular formula is C13H18N4O2S. The van der Waals surface area contributed by atoms with Crippen molar-refractivity contribution >= 4 is 34.3 Å². The van der Waals surface area contributed by atoms with Gasteiger partial charge < -0.3 is 9.80 Å². The molecule has 0 radical (unpaired) electrons. The van der Waals surface area contributed by atoms with E-state index in [0.29, 0.717) is 18.1 Å². The number of imidazole rings is 1. The van der Waals surface area contributed by atoms with E-state index in [0.717, 1.165) is 17.7 Å². The van der Waals surface area contributed by atoms with Gasteiger partial charge in [0.2, 0.25) is 5.91 Å². The molecule has 2 heterocycles. The molecule has 2 aromatic heterocycles. The second-order valence-corrected chi connectivity index (χ2v) is 5.58. The first-order valence-electron chi connectivity index (χ1n) is 6.44. The first-order valence-corrected chi connectivity index (χ1v) is 7.32. The van der Waals surface area contributed by atoms with Crippen LogP contribution >= 0.6 is 11.3 Å². The second kappa shape index (κ2) is 6.04. The third-order valence-electron chi connectivity index (χ3n) is 3.01. The molecule has 6 nitrogen and oxygen atoms in total. The molecule has 2 aromatic rings. The molecule has 0 aromatic carbocycles. The lowest BCUT2D eigenvalue weighted by atomic mass is 10.3. The Morgan fingerprint density at radius 1 is 1.50 bits per heavy atom. The molecule has 108 valence electrons. The van der Waals surface area contributed by atoms with Crippen LogP contribution in [-0.4, -0.2) is 53.7 Å². The molecule has 7 heteroatoms. The van der Waals surface area contributed by atoms with E-state index in [4.69, 9.17) is 0 Å². The van der Waals surface area contributed by atoms with Crippen LogP contribution < -0.4 is 4.90 Å². The van der Waals surface area contributed by atoms with Gasteiger partial charge in [0.05, 0.1) is 6.54 Å². The minimum Gasteiger partial charge on any atom is -0.347 e. The molecular weight excluding hydrogens is 276 g/mol. The summed E-state index contributed by atoms with van der Waals surface area (Å²) in [4.78, 5) is 31.9. The van der Waals surface area contributed by atoms with Crippen LogP contribution in [0.4, 0.5) is 5.82 Å². The summed E-state index contributed by atoms with van der Waals surface area (Å²) in [6.07, 6.45) is 3.49. The van der Waals surface area contributed by atoms with Gasteiger partial charge in [0.15, 0.2) is 17.1 Å². The quantitative estimate of drug-likeness (QED) is 0.758. The average molecular weight is 294 g/mol. The highest BCUT2D eigenvalue weighted by Gasteiger charge is 2.20. The highest BCUT2D eigenvalue weighted by molar-refractivity contribution is 7.15. The maximum absolute atomic E-state index is 11.9. The Morgan fingerprint density at radius 2 is 2.25 bits per heavy atom. The molecule has 2 rings (SSSR count). The molecule has 1 amide bonds. The zero-order valence-corrected chi connectivity index (χ0v) is 12.7. The molecule has 0 bridgehead atoms. The van der Waals surface area contributed by atoms with Crippen molar-refractivity contribution in [1.82, 2.24) is 14.3 Å². The summed E-state index contributed by atoms with van der Waals surface area (Å²) in [6, 6.07) is 0. The summed E-state index contributed by atoms with van der Waals surface area (Å²) < 4.78 is 1.76. The van der Waals surface area contributed by atoms with E-state index < -0.39 is 0 Å². The van der Waals surface area contributed by atoms with Crippen molar-refractivity contribution in [2.75, 3.05) is 32.1 Å². The van der Waals surface area contributed by atoms with Crippen LogP contribution in [0, 0.1) is 0 Å². The Balaban J connectivity index is 2.37. The molecule has 20 heavy (non-hydrogen) atoms. The van der Waals surface area contributed by atoms with Crippen LogP contribution in [0.15, 0.2) is 11.6 Å². The molecule has 0 spiro atoms. The number of nitrogens with zero attached hydrogens (tertiary/aromatic N) is 4. The van der Waals surface area contributed by atoms with Crippen LogP contribution in [0.5, 0.6) is 0 Å². The highest BCUT2D eigenvalue weighted by Crippen LogP contribution is 2.23. The Morgan fingerprint density at radius 3 is 2.85 bits per heavy atom. The summed E-state index contributed by atoms with van der Waals surface area (Å²) in [5.74, 6) is 0.579. The fourth-order valence-corrected chi connectivity index (χ4v) is 2.68. The van der Waals surface area contributed by atoms with E-state index in [1.807, 2.05) is 23.4 Å². The number of anilines is 1. The van der Waals surface area contributed by atoms with Crippen LogP contribution in [0.1, 0.15) is 23.8 Å². The maximum atomic E-state index is 11.9. The number of carbonyl (C=O) groups excluding carboxylic acids is 2. The molecule has 0 N–H and O–H groups in total. The van der Waals surface area contributed by atoms with E-state index in [-0.39, 0.29) is 12.5 Å². The van der Waals surface area contributed by atoms with Crippen molar-refractivity contribution in [3.63, 3.8) is 0 Å². The van der Waals surface area contributed by atoms with Gasteiger partial charge in [-0.15, -0.1) is 11.3 Å². The maximum Gasteiger partial charge on any atom is 0.241 e. The molecule has 0 saturated carbocycles. The second-order valence-electron chi connectivity index (χ2n) is 4.70. The zero-order chi connectivity index (χ0) is 14.7. The number of aldehydes is 1. The smallest absolute Gasteiger partial charge is 0.241 e. The van der Waals surface area contributed by atoms with Gasteiger partial charge in [-0.1, -0.05) is 6.92 Å². The van der Waals surface area contributed by atoms with Gasteiger partial charge in [0, 0.05) is 32.2 Å². The molecule has 0 saturated heterocycles. The normalized spacial score (nSPS) is 10.8. The number of carbonyl (C=O) groups is 2. The largest absolute Gasteiger partial charge is 0.347 e. The number of hydrogen-bond donors (Lipinski definition) is 0. The molecule has 0 unspecified atom stereocenters. The minimum atomic E-state index is -0.00773. The van der Waals surface area contributed by atoms with E-state index in [2.05, 4.69) is 4.98 Å². The summed E-state index contributed by atoms with van der Waals surface area (Å²) in [7, 11) is 3.44. The lowest BCUT2D eigenvalue weighted by molar-refractivity contribution is -0.127. The first-order chi connectivity index (χ1) is 9.58. The number of rotatable bonds is 6. The number of hydrogen-bond acceptors (Lipinski definition) is 5. The Kier molecular flexibility index (Phi) is 4.39. The number of aromatic nitrogens is 2. The predicted molar refractivity (Wildman–Crippen MR) is 79.7 cm³/mol. The number of fused-ring (bicyclic) bond motifs is 1. The monoisotopic (exact) mass is 294 g/mol.